The monoisotopic (exact) mass is 370 g/mol. The van der Waals surface area contributed by atoms with E-state index in [2.05, 4.69) is 10.3 Å². The van der Waals surface area contributed by atoms with Gasteiger partial charge in [0.25, 0.3) is 5.91 Å². The Balaban J connectivity index is 1.85. The molecule has 0 spiro atoms. The number of benzene rings is 1. The number of aliphatic hydroxyl groups excluding tert-OH is 1. The predicted molar refractivity (Wildman–Crippen MR) is 84.4 cm³/mol. The smallest absolute Gasteiger partial charge is 0.262 e. The second-order valence-corrected chi connectivity index (χ2v) is 6.17. The lowest BCUT2D eigenvalue weighted by Crippen LogP contribution is -2.44. The van der Waals surface area contributed by atoms with E-state index in [1.54, 1.807) is 0 Å². The molecule has 132 valence electrons. The molecule has 1 aliphatic rings. The van der Waals surface area contributed by atoms with Crippen LogP contribution in [0.2, 0.25) is 5.02 Å². The van der Waals surface area contributed by atoms with Gasteiger partial charge in [-0.15, -0.1) is 0 Å². The summed E-state index contributed by atoms with van der Waals surface area (Å²) in [4.78, 5) is 16.4. The van der Waals surface area contributed by atoms with Crippen molar-refractivity contribution in [3.8, 4) is 0 Å². The van der Waals surface area contributed by atoms with Crippen molar-refractivity contribution < 1.29 is 23.1 Å². The maximum atomic E-state index is 15.4. The van der Waals surface area contributed by atoms with Crippen LogP contribution >= 0.6 is 11.6 Å². The number of hydrogen-bond acceptors (Lipinski definition) is 3. The van der Waals surface area contributed by atoms with E-state index >= 15 is 4.39 Å². The van der Waals surface area contributed by atoms with Crippen LogP contribution in [-0.2, 0) is 17.0 Å². The highest BCUT2D eigenvalue weighted by Crippen LogP contribution is 2.42. The van der Waals surface area contributed by atoms with Crippen molar-refractivity contribution in [1.82, 2.24) is 10.3 Å². The first-order valence-electron chi connectivity index (χ1n) is 7.57. The molecule has 2 N–H and O–H groups in total. The highest BCUT2D eigenvalue weighted by molar-refractivity contribution is 6.31. The summed E-state index contributed by atoms with van der Waals surface area (Å²) >= 11 is 5.70. The molecule has 1 aromatic heterocycles. The van der Waals surface area contributed by atoms with Crippen LogP contribution in [0.5, 0.6) is 0 Å². The van der Waals surface area contributed by atoms with E-state index in [9.17, 15) is 18.7 Å². The Labute approximate surface area is 146 Å². The van der Waals surface area contributed by atoms with Crippen molar-refractivity contribution in [2.24, 2.45) is 0 Å². The number of fused-ring (bicyclic) bond motifs is 1. The molecule has 0 radical (unpaired) electrons. The summed E-state index contributed by atoms with van der Waals surface area (Å²) in [6.45, 7) is -0.467. The summed E-state index contributed by atoms with van der Waals surface area (Å²) < 4.78 is 42.6. The lowest BCUT2D eigenvalue weighted by Gasteiger charge is -2.32. The Kier molecular flexibility index (Phi) is 4.71. The SMILES string of the molecule is O=C(NCc1c(F)ccc(F)c1Cl)C1(F)CCC(O)c2ncccc21. The highest BCUT2D eigenvalue weighted by atomic mass is 35.5. The first-order chi connectivity index (χ1) is 11.8. The van der Waals surface area contributed by atoms with Crippen molar-refractivity contribution in [3.05, 3.63) is 63.9 Å². The number of halogens is 4. The molecule has 1 aromatic carbocycles. The first kappa shape index (κ1) is 17.7. The van der Waals surface area contributed by atoms with E-state index in [4.69, 9.17) is 11.6 Å². The molecule has 2 atom stereocenters. The first-order valence-corrected chi connectivity index (χ1v) is 7.95. The molecule has 0 saturated carbocycles. The van der Waals surface area contributed by atoms with Gasteiger partial charge < -0.3 is 10.4 Å². The van der Waals surface area contributed by atoms with Crippen LogP contribution < -0.4 is 5.32 Å². The van der Waals surface area contributed by atoms with Gasteiger partial charge in [0.05, 0.1) is 16.8 Å². The fourth-order valence-corrected chi connectivity index (χ4v) is 3.12. The van der Waals surface area contributed by atoms with E-state index in [0.717, 1.165) is 12.1 Å². The zero-order valence-corrected chi connectivity index (χ0v) is 13.7. The van der Waals surface area contributed by atoms with Crippen LogP contribution in [-0.4, -0.2) is 16.0 Å². The number of amides is 1. The molecule has 25 heavy (non-hydrogen) atoms. The Morgan fingerprint density at radius 2 is 2.08 bits per heavy atom. The number of hydrogen-bond donors (Lipinski definition) is 2. The van der Waals surface area contributed by atoms with Crippen molar-refractivity contribution in [1.29, 1.82) is 0 Å². The molecule has 1 aliphatic carbocycles. The Hall–Kier alpha value is -2.12. The zero-order chi connectivity index (χ0) is 18.2. The number of alkyl halides is 1. The third kappa shape index (κ3) is 3.09. The zero-order valence-electron chi connectivity index (χ0n) is 12.9. The standard InChI is InChI=1S/C17H14ClF3N2O2/c18-14-9(11(19)3-4-12(14)20)8-23-16(25)17(21)6-5-13(24)15-10(17)2-1-7-22-15/h1-4,7,13,24H,5-6,8H2,(H,23,25). The van der Waals surface area contributed by atoms with Gasteiger partial charge in [0.1, 0.15) is 11.6 Å². The molecule has 0 bridgehead atoms. The van der Waals surface area contributed by atoms with E-state index in [0.29, 0.717) is 0 Å². The Morgan fingerprint density at radius 1 is 1.36 bits per heavy atom. The van der Waals surface area contributed by atoms with Gasteiger partial charge in [-0.05, 0) is 31.0 Å². The highest BCUT2D eigenvalue weighted by Gasteiger charge is 2.46. The van der Waals surface area contributed by atoms with Crippen LogP contribution in [0.3, 0.4) is 0 Å². The summed E-state index contributed by atoms with van der Waals surface area (Å²) in [6.07, 6.45) is 0.206. The molecule has 1 amide bonds. The summed E-state index contributed by atoms with van der Waals surface area (Å²) in [5.74, 6) is -2.66. The summed E-state index contributed by atoms with van der Waals surface area (Å²) in [7, 11) is 0. The number of aliphatic hydroxyl groups is 1. The Bertz CT molecular complexity index is 834. The lowest BCUT2D eigenvalue weighted by molar-refractivity contribution is -0.135. The average Bonchev–Trinajstić information content (AvgIpc) is 2.61. The van der Waals surface area contributed by atoms with Crippen LogP contribution in [0.25, 0.3) is 0 Å². The fourth-order valence-electron chi connectivity index (χ4n) is 2.90. The van der Waals surface area contributed by atoms with Gasteiger partial charge in [0, 0.05) is 23.9 Å². The average molecular weight is 371 g/mol. The van der Waals surface area contributed by atoms with Gasteiger partial charge in [-0.25, -0.2) is 13.2 Å². The van der Waals surface area contributed by atoms with Gasteiger partial charge in [-0.1, -0.05) is 17.7 Å². The maximum Gasteiger partial charge on any atom is 0.262 e. The topological polar surface area (TPSA) is 62.2 Å². The number of aromatic nitrogens is 1. The second-order valence-electron chi connectivity index (χ2n) is 5.80. The van der Waals surface area contributed by atoms with Gasteiger partial charge in [-0.2, -0.15) is 0 Å². The minimum atomic E-state index is -2.42. The molecular formula is C17H14ClF3N2O2. The van der Waals surface area contributed by atoms with E-state index < -0.39 is 40.9 Å². The number of rotatable bonds is 3. The summed E-state index contributed by atoms with van der Waals surface area (Å²) in [5.41, 5.74) is -2.61. The van der Waals surface area contributed by atoms with Gasteiger partial charge in [-0.3, -0.25) is 9.78 Å². The van der Waals surface area contributed by atoms with Gasteiger partial charge in [0.2, 0.25) is 5.67 Å². The summed E-state index contributed by atoms with van der Waals surface area (Å²) in [5, 5.41) is 11.7. The fraction of sp³-hybridized carbons (Fsp3) is 0.294. The van der Waals surface area contributed by atoms with E-state index in [1.807, 2.05) is 0 Å². The minimum absolute atomic E-state index is 0.0169. The maximum absolute atomic E-state index is 15.4. The molecule has 8 heteroatoms. The molecule has 2 aromatic rings. The molecule has 0 fully saturated rings. The molecule has 0 saturated heterocycles. The second kappa shape index (κ2) is 6.65. The molecule has 3 rings (SSSR count). The minimum Gasteiger partial charge on any atom is -0.387 e. The molecule has 4 nitrogen and oxygen atoms in total. The van der Waals surface area contributed by atoms with Gasteiger partial charge in [0.15, 0.2) is 0 Å². The molecular weight excluding hydrogens is 357 g/mol. The van der Waals surface area contributed by atoms with E-state index in [1.165, 1.54) is 18.3 Å². The lowest BCUT2D eigenvalue weighted by atomic mass is 9.81. The number of nitrogens with one attached hydrogen (secondary N) is 1. The van der Waals surface area contributed by atoms with Crippen molar-refractivity contribution in [2.75, 3.05) is 0 Å². The number of carbonyl (C=O) groups excluding carboxylic acids is 1. The van der Waals surface area contributed by atoms with Crippen LogP contribution in [0.1, 0.15) is 35.8 Å². The predicted octanol–water partition coefficient (Wildman–Crippen LogP) is 3.32. The molecule has 1 heterocycles. The largest absolute Gasteiger partial charge is 0.387 e. The normalized spacial score (nSPS) is 22.4. The number of nitrogens with zero attached hydrogens (tertiary/aromatic N) is 1. The van der Waals surface area contributed by atoms with Crippen LogP contribution in [0, 0.1) is 11.6 Å². The molecule has 2 unspecified atom stereocenters. The van der Waals surface area contributed by atoms with E-state index in [-0.39, 0.29) is 29.7 Å². The Morgan fingerprint density at radius 3 is 2.84 bits per heavy atom. The third-order valence-corrected chi connectivity index (χ3v) is 4.68. The van der Waals surface area contributed by atoms with Crippen LogP contribution in [0.4, 0.5) is 13.2 Å². The number of pyridine rings is 1. The van der Waals surface area contributed by atoms with Crippen molar-refractivity contribution in [3.63, 3.8) is 0 Å². The van der Waals surface area contributed by atoms with Crippen molar-refractivity contribution in [2.45, 2.75) is 31.2 Å². The van der Waals surface area contributed by atoms with Crippen LogP contribution in [0.15, 0.2) is 30.5 Å². The number of carbonyl (C=O) groups is 1. The quantitative estimate of drug-likeness (QED) is 0.815. The third-order valence-electron chi connectivity index (χ3n) is 4.27. The molecule has 0 aliphatic heterocycles. The summed E-state index contributed by atoms with van der Waals surface area (Å²) in [6, 6.07) is 4.58. The van der Waals surface area contributed by atoms with Crippen molar-refractivity contribution >= 4 is 17.5 Å². The van der Waals surface area contributed by atoms with Gasteiger partial charge >= 0.3 is 0 Å².